The van der Waals surface area contributed by atoms with Gasteiger partial charge in [0, 0.05) is 12.1 Å². The summed E-state index contributed by atoms with van der Waals surface area (Å²) in [6, 6.07) is 7.37. The van der Waals surface area contributed by atoms with Crippen LogP contribution in [0.25, 0.3) is 0 Å². The van der Waals surface area contributed by atoms with Crippen molar-refractivity contribution >= 4 is 21.4 Å². The average molecular weight is 402 g/mol. The van der Waals surface area contributed by atoms with Crippen molar-refractivity contribution in [1.82, 2.24) is 0 Å². The van der Waals surface area contributed by atoms with E-state index >= 15 is 0 Å². The highest BCUT2D eigenvalue weighted by Crippen LogP contribution is 2.36. The Morgan fingerprint density at radius 2 is 1.78 bits per heavy atom. The highest BCUT2D eigenvalue weighted by molar-refractivity contribution is 7.92. The number of halogens is 3. The van der Waals surface area contributed by atoms with Crippen molar-refractivity contribution in [2.24, 2.45) is 5.92 Å². The van der Waals surface area contributed by atoms with Gasteiger partial charge in [-0.2, -0.15) is 13.2 Å². The number of alkyl halides is 3. The number of hydrogen-bond acceptors (Lipinski definition) is 4. The molecule has 0 aromatic heterocycles. The van der Waals surface area contributed by atoms with Crippen molar-refractivity contribution in [3.63, 3.8) is 0 Å². The van der Waals surface area contributed by atoms with Crippen LogP contribution in [0.4, 0.5) is 24.5 Å². The van der Waals surface area contributed by atoms with Crippen LogP contribution in [0, 0.1) is 16.0 Å². The molecule has 0 saturated carbocycles. The molecule has 0 spiro atoms. The van der Waals surface area contributed by atoms with Crippen LogP contribution in [0.3, 0.4) is 0 Å². The van der Waals surface area contributed by atoms with E-state index in [9.17, 15) is 31.7 Å². The van der Waals surface area contributed by atoms with E-state index in [1.807, 2.05) is 4.72 Å². The first-order valence-electron chi connectivity index (χ1n) is 7.88. The van der Waals surface area contributed by atoms with Crippen LogP contribution in [0.15, 0.2) is 47.4 Å². The molecule has 6 nitrogen and oxygen atoms in total. The highest BCUT2D eigenvalue weighted by atomic mass is 32.2. The second-order valence-corrected chi connectivity index (χ2v) is 7.95. The number of nitro groups is 1. The fourth-order valence-corrected chi connectivity index (χ4v) is 3.87. The normalized spacial score (nSPS) is 12.2. The number of sulfonamides is 1. The molecule has 0 fully saturated rings. The lowest BCUT2D eigenvalue weighted by Crippen LogP contribution is -2.19. The molecule has 0 aliphatic rings. The number of nitro benzene ring substituents is 1. The van der Waals surface area contributed by atoms with Gasteiger partial charge in [-0.15, -0.1) is 0 Å². The minimum absolute atomic E-state index is 0.0246. The number of hydrogen-bond donors (Lipinski definition) is 1. The van der Waals surface area contributed by atoms with E-state index in [0.717, 1.165) is 36.4 Å². The number of para-hydroxylation sites is 1. The van der Waals surface area contributed by atoms with Gasteiger partial charge in [-0.05, 0) is 36.1 Å². The summed E-state index contributed by atoms with van der Waals surface area (Å²) in [6.45, 7) is 3.59. The molecule has 27 heavy (non-hydrogen) atoms. The Morgan fingerprint density at radius 3 is 2.33 bits per heavy atom. The molecule has 0 aliphatic heterocycles. The van der Waals surface area contributed by atoms with Crippen LogP contribution in [0.2, 0.25) is 0 Å². The van der Waals surface area contributed by atoms with Crippen LogP contribution in [-0.4, -0.2) is 13.3 Å². The minimum atomic E-state index is -4.74. The minimum Gasteiger partial charge on any atom is -0.279 e. The average Bonchev–Trinajstić information content (AvgIpc) is 2.53. The van der Waals surface area contributed by atoms with Crippen molar-refractivity contribution in [2.45, 2.75) is 31.3 Å². The molecule has 0 amide bonds. The van der Waals surface area contributed by atoms with Crippen LogP contribution < -0.4 is 4.72 Å². The zero-order valence-corrected chi connectivity index (χ0v) is 15.3. The smallest absolute Gasteiger partial charge is 0.279 e. The predicted octanol–water partition coefficient (Wildman–Crippen LogP) is 4.61. The fourth-order valence-electron chi connectivity index (χ4n) is 2.56. The van der Waals surface area contributed by atoms with E-state index in [0.29, 0.717) is 0 Å². The zero-order chi connectivity index (χ0) is 20.4. The van der Waals surface area contributed by atoms with Crippen molar-refractivity contribution in [3.05, 3.63) is 63.7 Å². The highest BCUT2D eigenvalue weighted by Gasteiger charge is 2.34. The lowest BCUT2D eigenvalue weighted by molar-refractivity contribution is -0.385. The Labute approximate surface area is 154 Å². The molecule has 2 rings (SSSR count). The predicted molar refractivity (Wildman–Crippen MR) is 93.9 cm³/mol. The molecule has 0 radical (unpaired) electrons. The maximum atomic E-state index is 13.1. The van der Waals surface area contributed by atoms with Gasteiger partial charge in [0.15, 0.2) is 0 Å². The van der Waals surface area contributed by atoms with E-state index < -0.39 is 32.4 Å². The molecular weight excluding hydrogens is 385 g/mol. The molecule has 0 bridgehead atoms. The summed E-state index contributed by atoms with van der Waals surface area (Å²) in [5.41, 5.74) is -1.86. The maximum Gasteiger partial charge on any atom is 0.418 e. The van der Waals surface area contributed by atoms with Crippen molar-refractivity contribution in [1.29, 1.82) is 0 Å². The first-order chi connectivity index (χ1) is 12.4. The third kappa shape index (κ3) is 4.97. The maximum absolute atomic E-state index is 13.1. The number of non-ortho nitro benzene ring substituents is 1. The third-order valence-corrected chi connectivity index (χ3v) is 5.12. The SMILES string of the molecule is CC(C)Cc1cc([N+](=O)[O-])ccc1S(=O)(=O)Nc1ccccc1C(F)(F)F. The van der Waals surface area contributed by atoms with Crippen molar-refractivity contribution in [3.8, 4) is 0 Å². The van der Waals surface area contributed by atoms with Gasteiger partial charge < -0.3 is 0 Å². The van der Waals surface area contributed by atoms with Crippen LogP contribution >= 0.6 is 0 Å². The molecule has 0 heterocycles. The lowest BCUT2D eigenvalue weighted by Gasteiger charge is -2.17. The third-order valence-electron chi connectivity index (χ3n) is 3.65. The Kier molecular flexibility index (Phi) is 5.79. The van der Waals surface area contributed by atoms with Gasteiger partial charge in [0.05, 0.1) is 21.1 Å². The van der Waals surface area contributed by atoms with Gasteiger partial charge in [-0.3, -0.25) is 14.8 Å². The standard InChI is InChI=1S/C17H17F3N2O4S/c1-11(2)9-12-10-13(22(23)24)7-8-16(12)27(25,26)21-15-6-4-3-5-14(15)17(18,19)20/h3-8,10-11,21H,9H2,1-2H3. The second kappa shape index (κ2) is 7.55. The molecule has 0 unspecified atom stereocenters. The zero-order valence-electron chi connectivity index (χ0n) is 14.4. The summed E-state index contributed by atoms with van der Waals surface area (Å²) in [4.78, 5) is 10.0. The van der Waals surface area contributed by atoms with Crippen molar-refractivity contribution in [2.75, 3.05) is 4.72 Å². The monoisotopic (exact) mass is 402 g/mol. The Hall–Kier alpha value is -2.62. The van der Waals surface area contributed by atoms with Crippen LogP contribution in [0.1, 0.15) is 25.0 Å². The molecule has 0 aliphatic carbocycles. The molecule has 2 aromatic rings. The molecule has 10 heteroatoms. The van der Waals surface area contributed by atoms with Gasteiger partial charge in [0.2, 0.25) is 0 Å². The molecule has 0 atom stereocenters. The first kappa shape index (κ1) is 20.7. The summed E-state index contributed by atoms with van der Waals surface area (Å²) in [5.74, 6) is -0.0246. The van der Waals surface area contributed by atoms with E-state index in [2.05, 4.69) is 0 Å². The summed E-state index contributed by atoms with van der Waals surface area (Å²) in [5, 5.41) is 11.0. The molecular formula is C17H17F3N2O4S. The van der Waals surface area contributed by atoms with Crippen molar-refractivity contribution < 1.29 is 26.5 Å². The van der Waals surface area contributed by atoms with Gasteiger partial charge in [0.25, 0.3) is 15.7 Å². The van der Waals surface area contributed by atoms with Crippen LogP contribution in [-0.2, 0) is 22.6 Å². The molecule has 0 saturated heterocycles. The summed E-state index contributed by atoms with van der Waals surface area (Å²) >= 11 is 0. The second-order valence-electron chi connectivity index (χ2n) is 6.30. The van der Waals surface area contributed by atoms with Gasteiger partial charge >= 0.3 is 6.18 Å². The Balaban J connectivity index is 2.53. The number of anilines is 1. The summed E-state index contributed by atoms with van der Waals surface area (Å²) in [7, 11) is -4.39. The lowest BCUT2D eigenvalue weighted by atomic mass is 10.0. The van der Waals surface area contributed by atoms with Crippen LogP contribution in [0.5, 0.6) is 0 Å². The topological polar surface area (TPSA) is 89.3 Å². The fraction of sp³-hybridized carbons (Fsp3) is 0.294. The summed E-state index contributed by atoms with van der Waals surface area (Å²) < 4.78 is 66.7. The van der Waals surface area contributed by atoms with Gasteiger partial charge in [-0.25, -0.2) is 8.42 Å². The van der Waals surface area contributed by atoms with Gasteiger partial charge in [-0.1, -0.05) is 26.0 Å². The summed E-state index contributed by atoms with van der Waals surface area (Å²) in [6.07, 6.45) is -4.53. The quantitative estimate of drug-likeness (QED) is 0.564. The molecule has 1 N–H and O–H groups in total. The number of benzene rings is 2. The van der Waals surface area contributed by atoms with Gasteiger partial charge in [0.1, 0.15) is 0 Å². The Morgan fingerprint density at radius 1 is 1.15 bits per heavy atom. The van der Waals surface area contributed by atoms with E-state index in [1.54, 1.807) is 13.8 Å². The molecule has 2 aromatic carbocycles. The van der Waals surface area contributed by atoms with E-state index in [4.69, 9.17) is 0 Å². The largest absolute Gasteiger partial charge is 0.418 e. The first-order valence-corrected chi connectivity index (χ1v) is 9.36. The van der Waals surface area contributed by atoms with E-state index in [-0.39, 0.29) is 28.5 Å². The van der Waals surface area contributed by atoms with E-state index in [1.165, 1.54) is 6.07 Å². The number of nitrogens with zero attached hydrogens (tertiary/aromatic N) is 1. The Bertz CT molecular complexity index is 957. The number of nitrogens with one attached hydrogen (secondary N) is 1. The molecule has 146 valence electrons. The number of rotatable bonds is 6.